The lowest BCUT2D eigenvalue weighted by atomic mass is 9.69. The van der Waals surface area contributed by atoms with Crippen molar-refractivity contribution >= 4 is 39.1 Å². The predicted octanol–water partition coefficient (Wildman–Crippen LogP) is 4.35. The Morgan fingerprint density at radius 3 is 2.37 bits per heavy atom. The largest absolute Gasteiger partial charge is 0.379 e. The molecule has 1 aliphatic heterocycles. The first-order valence-electron chi connectivity index (χ1n) is 10.4. The number of benzene rings is 1. The van der Waals surface area contributed by atoms with Gasteiger partial charge in [0.25, 0.3) is 5.91 Å². The number of hydrogen-bond acceptors (Lipinski definition) is 4. The summed E-state index contributed by atoms with van der Waals surface area (Å²) in [6.07, 6.45) is 4.16. The van der Waals surface area contributed by atoms with Gasteiger partial charge in [-0.15, -0.1) is 0 Å². The molecule has 2 unspecified atom stereocenters. The second-order valence-corrected chi connectivity index (χ2v) is 11.8. The van der Waals surface area contributed by atoms with Gasteiger partial charge >= 0.3 is 0 Å². The number of nitrogens with zero attached hydrogens (tertiary/aromatic N) is 1. The molecule has 1 saturated heterocycles. The van der Waals surface area contributed by atoms with Crippen molar-refractivity contribution in [1.82, 2.24) is 9.62 Å². The van der Waals surface area contributed by atoms with Crippen LogP contribution in [0.4, 0.5) is 0 Å². The van der Waals surface area contributed by atoms with Crippen LogP contribution in [0.5, 0.6) is 0 Å². The summed E-state index contributed by atoms with van der Waals surface area (Å²) < 4.78 is 32.7. The van der Waals surface area contributed by atoms with E-state index < -0.39 is 10.0 Å². The van der Waals surface area contributed by atoms with E-state index in [2.05, 4.69) is 26.1 Å². The van der Waals surface area contributed by atoms with E-state index in [-0.39, 0.29) is 51.0 Å². The van der Waals surface area contributed by atoms with Crippen molar-refractivity contribution in [3.8, 4) is 0 Å². The minimum atomic E-state index is -3.85. The van der Waals surface area contributed by atoms with Gasteiger partial charge in [0, 0.05) is 19.1 Å². The van der Waals surface area contributed by atoms with E-state index in [1.54, 1.807) is 0 Å². The monoisotopic (exact) mass is 476 g/mol. The lowest BCUT2D eigenvalue weighted by molar-refractivity contribution is 0.0730. The van der Waals surface area contributed by atoms with E-state index in [4.69, 9.17) is 27.9 Å². The highest BCUT2D eigenvalue weighted by molar-refractivity contribution is 7.89. The normalized spacial score (nSPS) is 23.9. The number of ether oxygens (including phenoxy) is 1. The second-order valence-electron chi connectivity index (χ2n) is 9.12. The van der Waals surface area contributed by atoms with E-state index in [0.29, 0.717) is 19.1 Å². The summed E-state index contributed by atoms with van der Waals surface area (Å²) in [5.74, 6) is -0.0194. The molecule has 2 fully saturated rings. The molecule has 2 aliphatic rings. The van der Waals surface area contributed by atoms with Crippen LogP contribution in [0, 0.1) is 11.3 Å². The summed E-state index contributed by atoms with van der Waals surface area (Å²) in [5, 5.41) is 3.26. The molecule has 30 heavy (non-hydrogen) atoms. The number of rotatable bonds is 4. The van der Waals surface area contributed by atoms with Crippen molar-refractivity contribution in [1.29, 1.82) is 0 Å². The highest BCUT2D eigenvalue weighted by atomic mass is 35.5. The molecule has 0 spiro atoms. The van der Waals surface area contributed by atoms with E-state index in [9.17, 15) is 13.2 Å². The van der Waals surface area contributed by atoms with Crippen molar-refractivity contribution < 1.29 is 17.9 Å². The fraction of sp³-hybridized carbons (Fsp3) is 0.667. The Kier molecular flexibility index (Phi) is 7.40. The lowest BCUT2D eigenvalue weighted by Crippen LogP contribution is -2.46. The van der Waals surface area contributed by atoms with Crippen LogP contribution in [0.15, 0.2) is 17.0 Å². The molecule has 1 aromatic rings. The van der Waals surface area contributed by atoms with Gasteiger partial charge in [-0.2, -0.15) is 4.31 Å². The Morgan fingerprint density at radius 1 is 1.10 bits per heavy atom. The highest BCUT2D eigenvalue weighted by Crippen LogP contribution is 2.38. The fourth-order valence-corrected chi connectivity index (χ4v) is 6.65. The van der Waals surface area contributed by atoms with Crippen molar-refractivity contribution in [2.75, 3.05) is 26.3 Å². The first kappa shape index (κ1) is 23.8. The summed E-state index contributed by atoms with van der Waals surface area (Å²) >= 11 is 12.5. The molecule has 0 aromatic heterocycles. The third kappa shape index (κ3) is 5.13. The van der Waals surface area contributed by atoms with Crippen LogP contribution in [-0.2, 0) is 14.8 Å². The van der Waals surface area contributed by atoms with E-state index in [1.165, 1.54) is 16.4 Å². The minimum absolute atomic E-state index is 0.00766. The zero-order valence-electron chi connectivity index (χ0n) is 17.7. The SMILES string of the molecule is CC(C)(C)C1CCCCC1NC(=O)c1cc(S(=O)(=O)N2CCOCC2)c(Cl)cc1Cl. The number of nitrogens with one attached hydrogen (secondary N) is 1. The molecule has 1 N–H and O–H groups in total. The van der Waals surface area contributed by atoms with Crippen LogP contribution >= 0.6 is 23.2 Å². The van der Waals surface area contributed by atoms with Gasteiger partial charge in [-0.3, -0.25) is 4.79 Å². The average Bonchev–Trinajstić information content (AvgIpc) is 2.68. The number of morpholine rings is 1. The van der Waals surface area contributed by atoms with E-state index >= 15 is 0 Å². The molecule has 2 atom stereocenters. The molecule has 168 valence electrons. The number of sulfonamides is 1. The average molecular weight is 477 g/mol. The Balaban J connectivity index is 1.88. The molecule has 6 nitrogen and oxygen atoms in total. The van der Waals surface area contributed by atoms with Crippen LogP contribution in [-0.4, -0.2) is 51.0 Å². The van der Waals surface area contributed by atoms with Crippen molar-refractivity contribution in [2.45, 2.75) is 57.4 Å². The summed E-state index contributed by atoms with van der Waals surface area (Å²) in [7, 11) is -3.85. The molecule has 1 heterocycles. The smallest absolute Gasteiger partial charge is 0.253 e. The lowest BCUT2D eigenvalue weighted by Gasteiger charge is -2.40. The van der Waals surface area contributed by atoms with Gasteiger partial charge in [0.05, 0.1) is 28.8 Å². The third-order valence-electron chi connectivity index (χ3n) is 6.05. The molecular weight excluding hydrogens is 447 g/mol. The standard InChI is InChI=1S/C21H30Cl2N2O4S/c1-21(2,3)15-6-4-5-7-18(15)24-20(26)14-12-19(17(23)13-16(14)22)30(27,28)25-8-10-29-11-9-25/h12-13,15,18H,4-11H2,1-3H3,(H,24,26). The number of amides is 1. The van der Waals surface area contributed by atoms with Gasteiger partial charge in [0.2, 0.25) is 10.0 Å². The first-order valence-corrected chi connectivity index (χ1v) is 12.6. The maximum Gasteiger partial charge on any atom is 0.253 e. The molecule has 0 radical (unpaired) electrons. The minimum Gasteiger partial charge on any atom is -0.379 e. The van der Waals surface area contributed by atoms with Crippen molar-refractivity contribution in [3.05, 3.63) is 27.7 Å². The number of carbonyl (C=O) groups is 1. The number of halogens is 2. The van der Waals surface area contributed by atoms with Gasteiger partial charge < -0.3 is 10.1 Å². The zero-order valence-corrected chi connectivity index (χ0v) is 20.0. The molecular formula is C21H30Cl2N2O4S. The molecule has 1 aromatic carbocycles. The highest BCUT2D eigenvalue weighted by Gasteiger charge is 2.36. The quantitative estimate of drug-likeness (QED) is 0.700. The predicted molar refractivity (Wildman–Crippen MR) is 119 cm³/mol. The van der Waals surface area contributed by atoms with Crippen molar-refractivity contribution in [2.24, 2.45) is 11.3 Å². The number of hydrogen-bond donors (Lipinski definition) is 1. The fourth-order valence-electron chi connectivity index (χ4n) is 4.41. The van der Waals surface area contributed by atoms with Crippen LogP contribution in [0.3, 0.4) is 0 Å². The summed E-state index contributed by atoms with van der Waals surface area (Å²) in [4.78, 5) is 13.0. The second kappa shape index (κ2) is 9.33. The molecule has 9 heteroatoms. The van der Waals surface area contributed by atoms with E-state index in [1.807, 2.05) is 0 Å². The summed E-state index contributed by atoms with van der Waals surface area (Å²) in [6, 6.07) is 2.67. The van der Waals surface area contributed by atoms with Gasteiger partial charge in [-0.25, -0.2) is 8.42 Å². The van der Waals surface area contributed by atoms with Crippen LogP contribution in [0.1, 0.15) is 56.8 Å². The zero-order chi connectivity index (χ0) is 22.1. The van der Waals surface area contributed by atoms with Gasteiger partial charge in [0.1, 0.15) is 4.90 Å². The maximum atomic E-state index is 13.1. The summed E-state index contributed by atoms with van der Waals surface area (Å²) in [5.41, 5.74) is 0.193. The van der Waals surface area contributed by atoms with Crippen LogP contribution in [0.2, 0.25) is 10.0 Å². The Bertz CT molecular complexity index is 893. The van der Waals surface area contributed by atoms with Crippen molar-refractivity contribution in [3.63, 3.8) is 0 Å². The molecule has 3 rings (SSSR count). The maximum absolute atomic E-state index is 13.1. The Hall–Kier alpha value is -0.860. The Morgan fingerprint density at radius 2 is 1.73 bits per heavy atom. The van der Waals surface area contributed by atoms with Crippen LogP contribution < -0.4 is 5.32 Å². The molecule has 1 amide bonds. The van der Waals surface area contributed by atoms with Crippen LogP contribution in [0.25, 0.3) is 0 Å². The number of carbonyl (C=O) groups excluding carboxylic acids is 1. The molecule has 0 bridgehead atoms. The van der Waals surface area contributed by atoms with Gasteiger partial charge in [-0.05, 0) is 36.3 Å². The topological polar surface area (TPSA) is 75.7 Å². The Labute approximate surface area is 189 Å². The van der Waals surface area contributed by atoms with E-state index in [0.717, 1.165) is 25.7 Å². The molecule has 1 aliphatic carbocycles. The molecule has 1 saturated carbocycles. The summed E-state index contributed by atoms with van der Waals surface area (Å²) in [6.45, 7) is 7.71. The van der Waals surface area contributed by atoms with Gasteiger partial charge in [0.15, 0.2) is 0 Å². The first-order chi connectivity index (χ1) is 14.0. The van der Waals surface area contributed by atoms with Gasteiger partial charge in [-0.1, -0.05) is 56.8 Å². The third-order valence-corrected chi connectivity index (χ3v) is 8.72.